The molecule has 0 spiro atoms. The summed E-state index contributed by atoms with van der Waals surface area (Å²) in [6.07, 6.45) is 5.25. The quantitative estimate of drug-likeness (QED) is 0.387. The number of carbonyl (C=O) groups excluding carboxylic acids is 1. The molecule has 1 fully saturated rings. The zero-order valence-corrected chi connectivity index (χ0v) is 19.0. The number of nitrogens with two attached hydrogens (primary N) is 1. The number of benzene rings is 1. The summed E-state index contributed by atoms with van der Waals surface area (Å²) in [6, 6.07) is 5.11. The predicted octanol–water partition coefficient (Wildman–Crippen LogP) is 4.78. The van der Waals surface area contributed by atoms with Gasteiger partial charge >= 0.3 is 0 Å². The molecule has 1 aliphatic rings. The molecule has 3 aromatic heterocycles. The molecule has 0 bridgehead atoms. The number of nitrogens with one attached hydrogen (secondary N) is 1. The number of pyridine rings is 2. The van der Waals surface area contributed by atoms with Gasteiger partial charge in [0.05, 0.1) is 11.9 Å². The number of hydrogen-bond donors (Lipinski definition) is 2. The number of halogens is 3. The van der Waals surface area contributed by atoms with E-state index in [1.54, 1.807) is 36.8 Å². The summed E-state index contributed by atoms with van der Waals surface area (Å²) in [4.78, 5) is 21.3. The van der Waals surface area contributed by atoms with Crippen LogP contribution < -0.4 is 11.1 Å². The van der Waals surface area contributed by atoms with E-state index in [1.165, 1.54) is 17.1 Å². The molecule has 0 radical (unpaired) electrons. The van der Waals surface area contributed by atoms with Gasteiger partial charge in [-0.15, -0.1) is 0 Å². The van der Waals surface area contributed by atoms with Crippen LogP contribution >= 0.6 is 0 Å². The molecule has 3 N–H and O–H groups in total. The maximum atomic E-state index is 15.0. The van der Waals surface area contributed by atoms with E-state index in [0.29, 0.717) is 27.7 Å². The lowest BCUT2D eigenvalue weighted by Gasteiger charge is -2.12. The summed E-state index contributed by atoms with van der Waals surface area (Å²) in [5.74, 6) is -0.864. The van der Waals surface area contributed by atoms with Crippen LogP contribution in [0.3, 0.4) is 0 Å². The number of hydrogen-bond acceptors (Lipinski definition) is 5. The number of nitrogen functional groups attached to an aromatic ring is 1. The molecule has 7 nitrogen and oxygen atoms in total. The summed E-state index contributed by atoms with van der Waals surface area (Å²) in [7, 11) is 0. The lowest BCUT2D eigenvalue weighted by molar-refractivity contribution is -0.117. The highest BCUT2D eigenvalue weighted by atomic mass is 19.3. The van der Waals surface area contributed by atoms with Crippen LogP contribution in [0.5, 0.6) is 0 Å². The normalized spacial score (nSPS) is 19.3. The van der Waals surface area contributed by atoms with Gasteiger partial charge in [-0.25, -0.2) is 18.2 Å². The largest absolute Gasteiger partial charge is 0.396 e. The van der Waals surface area contributed by atoms with E-state index in [1.807, 2.05) is 13.8 Å². The van der Waals surface area contributed by atoms with Crippen LogP contribution in [0.1, 0.15) is 24.0 Å². The Bertz CT molecular complexity index is 1440. The molecule has 5 rings (SSSR count). The fourth-order valence-corrected chi connectivity index (χ4v) is 4.69. The van der Waals surface area contributed by atoms with Crippen molar-refractivity contribution < 1.29 is 18.0 Å². The molecule has 3 atom stereocenters. The van der Waals surface area contributed by atoms with Gasteiger partial charge in [-0.2, -0.15) is 5.10 Å². The molecule has 10 heteroatoms. The van der Waals surface area contributed by atoms with E-state index in [-0.39, 0.29) is 29.3 Å². The van der Waals surface area contributed by atoms with E-state index in [4.69, 9.17) is 5.73 Å². The Morgan fingerprint density at radius 1 is 1.23 bits per heavy atom. The Hall–Kier alpha value is -3.95. The minimum absolute atomic E-state index is 0.0252. The summed E-state index contributed by atoms with van der Waals surface area (Å²) < 4.78 is 41.4. The molecular formula is C25H23F3N6O. The number of fused-ring (bicyclic) bond motifs is 1. The maximum absolute atomic E-state index is 15.0. The van der Waals surface area contributed by atoms with Crippen molar-refractivity contribution in [2.45, 2.75) is 32.7 Å². The first-order chi connectivity index (χ1) is 16.7. The van der Waals surface area contributed by atoms with Gasteiger partial charge in [0.1, 0.15) is 12.4 Å². The third-order valence-corrected chi connectivity index (χ3v) is 6.62. The maximum Gasteiger partial charge on any atom is 0.257 e. The van der Waals surface area contributed by atoms with Crippen molar-refractivity contribution in [1.82, 2.24) is 19.7 Å². The number of amides is 1. The van der Waals surface area contributed by atoms with Crippen LogP contribution in [0.25, 0.3) is 21.9 Å². The van der Waals surface area contributed by atoms with Crippen molar-refractivity contribution in [3.05, 3.63) is 66.1 Å². The number of carbonyl (C=O) groups is 1. The molecule has 4 aromatic rings. The fourth-order valence-electron chi connectivity index (χ4n) is 4.69. The van der Waals surface area contributed by atoms with E-state index in [9.17, 15) is 13.6 Å². The summed E-state index contributed by atoms with van der Waals surface area (Å²) in [5, 5.41) is 7.86. The second-order valence-corrected chi connectivity index (χ2v) is 8.92. The number of aryl methyl sites for hydroxylation is 1. The van der Waals surface area contributed by atoms with Crippen LogP contribution in [-0.4, -0.2) is 32.1 Å². The Labute approximate surface area is 199 Å². The van der Waals surface area contributed by atoms with Gasteiger partial charge in [0.25, 0.3) is 6.43 Å². The van der Waals surface area contributed by atoms with Gasteiger partial charge in [0.2, 0.25) is 5.91 Å². The summed E-state index contributed by atoms with van der Waals surface area (Å²) >= 11 is 0. The monoisotopic (exact) mass is 480 g/mol. The second kappa shape index (κ2) is 8.68. The Kier molecular flexibility index (Phi) is 5.66. The summed E-state index contributed by atoms with van der Waals surface area (Å²) in [6.45, 7) is 3.31. The average Bonchev–Trinajstić information content (AvgIpc) is 3.28. The first kappa shape index (κ1) is 22.8. The first-order valence-electron chi connectivity index (χ1n) is 11.1. The standard InChI is InChI=1S/C25H23F3N6O/c1-12-3-4-30-8-17(12)16-5-14-6-20(31-9-18(14)24(29)23(16)28)33-25(35)22-13(2)21(22)15-7-32-34(10-15)11-19(26)27/h3-10,13,19,21-22H,11,29H2,1-2H3,(H,31,33,35)/t13-,21-,22+/m1/s1. The van der Waals surface area contributed by atoms with Crippen LogP contribution in [0.15, 0.2) is 49.2 Å². The Balaban J connectivity index is 1.39. The molecule has 0 saturated heterocycles. The van der Waals surface area contributed by atoms with Crippen LogP contribution in [-0.2, 0) is 11.3 Å². The van der Waals surface area contributed by atoms with Crippen molar-refractivity contribution in [2.24, 2.45) is 11.8 Å². The molecular weight excluding hydrogens is 457 g/mol. The third kappa shape index (κ3) is 4.20. The van der Waals surface area contributed by atoms with Crippen molar-refractivity contribution in [1.29, 1.82) is 0 Å². The predicted molar refractivity (Wildman–Crippen MR) is 126 cm³/mol. The van der Waals surface area contributed by atoms with Crippen molar-refractivity contribution >= 4 is 28.2 Å². The third-order valence-electron chi connectivity index (χ3n) is 6.62. The van der Waals surface area contributed by atoms with Gasteiger partial charge in [-0.1, -0.05) is 6.92 Å². The Morgan fingerprint density at radius 2 is 2.03 bits per heavy atom. The second-order valence-electron chi connectivity index (χ2n) is 8.92. The number of nitrogens with zero attached hydrogens (tertiary/aromatic N) is 4. The lowest BCUT2D eigenvalue weighted by Crippen LogP contribution is -2.16. The lowest BCUT2D eigenvalue weighted by atomic mass is 9.98. The molecule has 1 aliphatic carbocycles. The Morgan fingerprint density at radius 3 is 2.77 bits per heavy atom. The number of anilines is 2. The molecule has 3 heterocycles. The van der Waals surface area contributed by atoms with E-state index in [0.717, 1.165) is 11.1 Å². The molecule has 35 heavy (non-hydrogen) atoms. The van der Waals surface area contributed by atoms with Crippen molar-refractivity contribution in [3.63, 3.8) is 0 Å². The minimum atomic E-state index is -2.50. The summed E-state index contributed by atoms with van der Waals surface area (Å²) in [5.41, 5.74) is 8.60. The zero-order valence-electron chi connectivity index (χ0n) is 19.0. The zero-order chi connectivity index (χ0) is 24.9. The smallest absolute Gasteiger partial charge is 0.257 e. The van der Waals surface area contributed by atoms with Gasteiger partial charge in [0, 0.05) is 53.1 Å². The highest BCUT2D eigenvalue weighted by molar-refractivity contribution is 6.00. The number of aromatic nitrogens is 4. The first-order valence-corrected chi connectivity index (χ1v) is 11.1. The molecule has 1 saturated carbocycles. The fraction of sp³-hybridized carbons (Fsp3) is 0.280. The van der Waals surface area contributed by atoms with Crippen molar-refractivity contribution in [3.8, 4) is 11.1 Å². The van der Waals surface area contributed by atoms with Crippen LogP contribution in [0, 0.1) is 24.6 Å². The highest BCUT2D eigenvalue weighted by Crippen LogP contribution is 2.54. The topological polar surface area (TPSA) is 98.7 Å². The van der Waals surface area contributed by atoms with Crippen LogP contribution in [0.4, 0.5) is 24.7 Å². The van der Waals surface area contributed by atoms with Gasteiger partial charge in [0.15, 0.2) is 5.82 Å². The highest BCUT2D eigenvalue weighted by Gasteiger charge is 2.53. The van der Waals surface area contributed by atoms with Gasteiger partial charge < -0.3 is 11.1 Å². The van der Waals surface area contributed by atoms with E-state index >= 15 is 4.39 Å². The molecule has 1 amide bonds. The molecule has 180 valence electrons. The van der Waals surface area contributed by atoms with Gasteiger partial charge in [-0.05, 0) is 47.6 Å². The molecule has 0 unspecified atom stereocenters. The van der Waals surface area contributed by atoms with Gasteiger partial charge in [-0.3, -0.25) is 14.5 Å². The molecule has 1 aromatic carbocycles. The molecule has 0 aliphatic heterocycles. The number of rotatable bonds is 6. The minimum Gasteiger partial charge on any atom is -0.396 e. The van der Waals surface area contributed by atoms with Crippen LogP contribution in [0.2, 0.25) is 0 Å². The van der Waals surface area contributed by atoms with E-state index < -0.39 is 18.8 Å². The van der Waals surface area contributed by atoms with E-state index in [2.05, 4.69) is 20.4 Å². The average molecular weight is 480 g/mol. The van der Waals surface area contributed by atoms with Crippen molar-refractivity contribution in [2.75, 3.05) is 11.1 Å². The SMILES string of the molecule is Cc1ccncc1-c1cc2cc(NC(=O)[C@H]3[C@H](C)[C@@H]3c3cnn(CC(F)F)c3)ncc2c(N)c1F. The number of alkyl halides is 2.